The maximum atomic E-state index is 12.3. The highest BCUT2D eigenvalue weighted by atomic mass is 32.1. The van der Waals surface area contributed by atoms with E-state index in [2.05, 4.69) is 21.3 Å². The zero-order chi connectivity index (χ0) is 19.8. The second-order valence-corrected chi connectivity index (χ2v) is 6.21. The average molecular weight is 392 g/mol. The van der Waals surface area contributed by atoms with Crippen LogP contribution in [0.3, 0.4) is 0 Å². The van der Waals surface area contributed by atoms with Crippen molar-refractivity contribution < 1.29 is 9.53 Å². The summed E-state index contributed by atoms with van der Waals surface area (Å²) < 4.78 is 5.14. The number of hydrogen-bond donors (Lipinski definition) is 4. The van der Waals surface area contributed by atoms with Crippen LogP contribution in [0.15, 0.2) is 78.9 Å². The Morgan fingerprint density at radius 1 is 0.714 bits per heavy atom. The molecule has 0 saturated carbocycles. The van der Waals surface area contributed by atoms with Crippen molar-refractivity contribution >= 4 is 46.1 Å². The number of nitrogens with one attached hydrogen (secondary N) is 4. The number of ether oxygens (including phenoxy) is 1. The van der Waals surface area contributed by atoms with Gasteiger partial charge in [0.15, 0.2) is 5.11 Å². The summed E-state index contributed by atoms with van der Waals surface area (Å²) in [4.78, 5) is 12.3. The summed E-state index contributed by atoms with van der Waals surface area (Å²) in [7, 11) is 1.62. The molecule has 3 rings (SSSR count). The smallest absolute Gasteiger partial charge is 0.323 e. The van der Waals surface area contributed by atoms with E-state index < -0.39 is 0 Å². The number of hydrogen-bond acceptors (Lipinski definition) is 3. The quantitative estimate of drug-likeness (QED) is 0.452. The second-order valence-electron chi connectivity index (χ2n) is 5.80. The minimum Gasteiger partial charge on any atom is -0.497 e. The molecule has 0 atom stereocenters. The molecule has 6 nitrogen and oxygen atoms in total. The van der Waals surface area contributed by atoms with Crippen LogP contribution < -0.4 is 26.0 Å². The monoisotopic (exact) mass is 392 g/mol. The molecule has 7 heteroatoms. The molecular weight excluding hydrogens is 372 g/mol. The van der Waals surface area contributed by atoms with Gasteiger partial charge in [-0.2, -0.15) is 0 Å². The van der Waals surface area contributed by atoms with Gasteiger partial charge in [-0.1, -0.05) is 30.3 Å². The van der Waals surface area contributed by atoms with E-state index in [0.29, 0.717) is 22.2 Å². The van der Waals surface area contributed by atoms with E-state index in [1.54, 1.807) is 13.2 Å². The molecule has 0 aliphatic heterocycles. The highest BCUT2D eigenvalue weighted by Crippen LogP contribution is 2.22. The predicted octanol–water partition coefficient (Wildman–Crippen LogP) is 5.15. The third-order valence-corrected chi connectivity index (χ3v) is 4.01. The van der Waals surface area contributed by atoms with Crippen LogP contribution >= 0.6 is 12.2 Å². The van der Waals surface area contributed by atoms with E-state index in [9.17, 15) is 4.79 Å². The molecule has 0 aromatic heterocycles. The first-order valence-corrected chi connectivity index (χ1v) is 8.99. The zero-order valence-electron chi connectivity index (χ0n) is 15.2. The zero-order valence-corrected chi connectivity index (χ0v) is 16.0. The van der Waals surface area contributed by atoms with Gasteiger partial charge in [-0.25, -0.2) is 4.79 Å². The molecule has 3 aromatic rings. The van der Waals surface area contributed by atoms with Crippen LogP contribution in [-0.4, -0.2) is 18.3 Å². The molecule has 0 saturated heterocycles. The first-order valence-electron chi connectivity index (χ1n) is 8.58. The van der Waals surface area contributed by atoms with Crippen molar-refractivity contribution in [2.45, 2.75) is 0 Å². The number of anilines is 4. The summed E-state index contributed by atoms with van der Waals surface area (Å²) in [5.41, 5.74) is 2.82. The molecule has 0 radical (unpaired) electrons. The Kier molecular flexibility index (Phi) is 6.43. The Balaban J connectivity index is 1.62. The number of urea groups is 1. The minimum absolute atomic E-state index is 0.338. The van der Waals surface area contributed by atoms with E-state index in [4.69, 9.17) is 17.0 Å². The molecule has 3 aromatic carbocycles. The molecule has 142 valence electrons. The highest BCUT2D eigenvalue weighted by molar-refractivity contribution is 7.80. The van der Waals surface area contributed by atoms with Crippen molar-refractivity contribution in [1.82, 2.24) is 0 Å². The van der Waals surface area contributed by atoms with Gasteiger partial charge in [0.2, 0.25) is 0 Å². The Morgan fingerprint density at radius 3 is 1.93 bits per heavy atom. The van der Waals surface area contributed by atoms with E-state index in [1.807, 2.05) is 72.8 Å². The van der Waals surface area contributed by atoms with Crippen molar-refractivity contribution in [1.29, 1.82) is 0 Å². The molecule has 0 unspecified atom stereocenters. The fraction of sp³-hybridized carbons (Fsp3) is 0.0476. The van der Waals surface area contributed by atoms with E-state index in [1.165, 1.54) is 0 Å². The summed E-state index contributed by atoms with van der Waals surface area (Å²) in [5, 5.41) is 12.2. The standard InChI is InChI=1S/C21H20N4O2S/c1-27-17-13-11-16(12-14-17)23-21(28)25-19-10-6-5-9-18(19)24-20(26)22-15-7-3-2-4-8-15/h2-14H,1H3,(H2,22,24,26)(H2,23,25,28). The third-order valence-electron chi connectivity index (χ3n) is 3.80. The SMILES string of the molecule is COc1ccc(NC(=S)Nc2ccccc2NC(=O)Nc2ccccc2)cc1. The molecule has 0 heterocycles. The molecule has 2 amide bonds. The van der Waals surface area contributed by atoms with Crippen molar-refractivity contribution in [3.8, 4) is 5.75 Å². The Morgan fingerprint density at radius 2 is 1.29 bits per heavy atom. The van der Waals surface area contributed by atoms with Gasteiger partial charge >= 0.3 is 6.03 Å². The average Bonchev–Trinajstić information content (AvgIpc) is 2.71. The van der Waals surface area contributed by atoms with E-state index >= 15 is 0 Å². The summed E-state index contributed by atoms with van der Waals surface area (Å²) in [6.07, 6.45) is 0. The Bertz CT molecular complexity index is 946. The molecule has 28 heavy (non-hydrogen) atoms. The summed E-state index contributed by atoms with van der Waals surface area (Å²) in [6, 6.07) is 23.6. The second kappa shape index (κ2) is 9.38. The lowest BCUT2D eigenvalue weighted by Crippen LogP contribution is -2.23. The number of benzene rings is 3. The summed E-state index contributed by atoms with van der Waals surface area (Å²) in [6.45, 7) is 0. The lowest BCUT2D eigenvalue weighted by molar-refractivity contribution is 0.262. The normalized spacial score (nSPS) is 9.89. The van der Waals surface area contributed by atoms with E-state index in [-0.39, 0.29) is 6.03 Å². The molecule has 4 N–H and O–H groups in total. The molecular formula is C21H20N4O2S. The maximum Gasteiger partial charge on any atom is 0.323 e. The van der Waals surface area contributed by atoms with Crippen molar-refractivity contribution in [3.05, 3.63) is 78.9 Å². The Hall–Kier alpha value is -3.58. The highest BCUT2D eigenvalue weighted by Gasteiger charge is 2.08. The summed E-state index contributed by atoms with van der Waals surface area (Å²) in [5.74, 6) is 0.767. The molecule has 0 aliphatic rings. The van der Waals surface area contributed by atoms with Crippen molar-refractivity contribution in [3.63, 3.8) is 0 Å². The molecule has 0 bridgehead atoms. The van der Waals surface area contributed by atoms with Gasteiger partial charge in [-0.15, -0.1) is 0 Å². The lowest BCUT2D eigenvalue weighted by atomic mass is 10.2. The van der Waals surface area contributed by atoms with Gasteiger partial charge in [0.25, 0.3) is 0 Å². The lowest BCUT2D eigenvalue weighted by Gasteiger charge is -2.15. The van der Waals surface area contributed by atoms with Crippen LogP contribution in [0.1, 0.15) is 0 Å². The summed E-state index contributed by atoms with van der Waals surface area (Å²) >= 11 is 5.38. The topological polar surface area (TPSA) is 74.4 Å². The first-order chi connectivity index (χ1) is 13.6. The molecule has 0 spiro atoms. The van der Waals surface area contributed by atoms with Gasteiger partial charge in [-0.05, 0) is 60.7 Å². The fourth-order valence-electron chi connectivity index (χ4n) is 2.47. The van der Waals surface area contributed by atoms with Crippen LogP contribution in [0.4, 0.5) is 27.5 Å². The van der Waals surface area contributed by atoms with Crippen LogP contribution in [0.5, 0.6) is 5.75 Å². The van der Waals surface area contributed by atoms with Gasteiger partial charge in [0.05, 0.1) is 18.5 Å². The van der Waals surface area contributed by atoms with E-state index in [0.717, 1.165) is 11.4 Å². The first kappa shape index (κ1) is 19.2. The maximum absolute atomic E-state index is 12.3. The van der Waals surface area contributed by atoms with Gasteiger partial charge in [0, 0.05) is 11.4 Å². The fourth-order valence-corrected chi connectivity index (χ4v) is 2.69. The largest absolute Gasteiger partial charge is 0.497 e. The van der Waals surface area contributed by atoms with Gasteiger partial charge < -0.3 is 26.0 Å². The van der Waals surface area contributed by atoms with Crippen LogP contribution in [0.25, 0.3) is 0 Å². The predicted molar refractivity (Wildman–Crippen MR) is 118 cm³/mol. The van der Waals surface area contributed by atoms with Crippen LogP contribution in [0, 0.1) is 0 Å². The number of carbonyl (C=O) groups is 1. The van der Waals surface area contributed by atoms with Crippen molar-refractivity contribution in [2.75, 3.05) is 28.4 Å². The number of rotatable bonds is 5. The minimum atomic E-state index is -0.338. The number of thiocarbonyl (C=S) groups is 1. The number of methoxy groups -OCH3 is 1. The number of amides is 2. The number of para-hydroxylation sites is 3. The molecule has 0 fully saturated rings. The van der Waals surface area contributed by atoms with Crippen LogP contribution in [-0.2, 0) is 0 Å². The van der Waals surface area contributed by atoms with Gasteiger partial charge in [-0.3, -0.25) is 0 Å². The molecule has 0 aliphatic carbocycles. The van der Waals surface area contributed by atoms with Gasteiger partial charge in [0.1, 0.15) is 5.75 Å². The van der Waals surface area contributed by atoms with Crippen molar-refractivity contribution in [2.24, 2.45) is 0 Å². The number of carbonyl (C=O) groups excluding carboxylic acids is 1. The third kappa shape index (κ3) is 5.46. The Labute approximate surface area is 168 Å². The van der Waals surface area contributed by atoms with Crippen LogP contribution in [0.2, 0.25) is 0 Å².